The van der Waals surface area contributed by atoms with Gasteiger partial charge in [0.05, 0.1) is 12.7 Å². The summed E-state index contributed by atoms with van der Waals surface area (Å²) in [7, 11) is 1.57. The highest BCUT2D eigenvalue weighted by Crippen LogP contribution is 2.39. The van der Waals surface area contributed by atoms with Gasteiger partial charge in [0.15, 0.2) is 0 Å². The van der Waals surface area contributed by atoms with Crippen LogP contribution in [0.25, 0.3) is 0 Å². The molecule has 0 saturated heterocycles. The zero-order valence-electron chi connectivity index (χ0n) is 18.7. The first kappa shape index (κ1) is 23.1. The molecule has 0 spiro atoms. The number of rotatable bonds is 7. The minimum Gasteiger partial charge on any atom is -0.496 e. The Labute approximate surface area is 189 Å². The molecule has 2 aromatic carbocycles. The lowest BCUT2D eigenvalue weighted by molar-refractivity contribution is 0.0932. The van der Waals surface area contributed by atoms with E-state index in [0.717, 1.165) is 25.7 Å². The first-order valence-corrected chi connectivity index (χ1v) is 11.1. The highest BCUT2D eigenvalue weighted by molar-refractivity contribution is 5.97. The predicted molar refractivity (Wildman–Crippen MR) is 126 cm³/mol. The van der Waals surface area contributed by atoms with Crippen molar-refractivity contribution in [3.8, 4) is 11.9 Å². The Kier molecular flexibility index (Phi) is 8.09. The molecule has 0 aromatic heterocycles. The van der Waals surface area contributed by atoms with Gasteiger partial charge in [-0.25, -0.2) is 0 Å². The largest absolute Gasteiger partial charge is 0.496 e. The zero-order valence-corrected chi connectivity index (χ0v) is 18.7. The first-order chi connectivity index (χ1) is 15.6. The lowest BCUT2D eigenvalue weighted by atomic mass is 9.68. The maximum atomic E-state index is 12.9. The number of nitriles is 1. The molecular weight excluding hydrogens is 402 g/mol. The minimum atomic E-state index is -0.151. The molecule has 7 nitrogen and oxygen atoms in total. The van der Waals surface area contributed by atoms with Crippen molar-refractivity contribution < 1.29 is 9.53 Å². The Morgan fingerprint density at radius 1 is 1.12 bits per heavy atom. The maximum Gasteiger partial charge on any atom is 0.255 e. The highest BCUT2D eigenvalue weighted by atomic mass is 16.5. The van der Waals surface area contributed by atoms with Crippen LogP contribution in [0.1, 0.15) is 48.5 Å². The number of hydrogen-bond donors (Lipinski definition) is 3. The fourth-order valence-electron chi connectivity index (χ4n) is 4.38. The van der Waals surface area contributed by atoms with Crippen LogP contribution in [0.3, 0.4) is 0 Å². The van der Waals surface area contributed by atoms with Gasteiger partial charge in [0, 0.05) is 24.5 Å². The number of guanidine groups is 1. The van der Waals surface area contributed by atoms with Crippen molar-refractivity contribution in [2.75, 3.05) is 20.2 Å². The van der Waals surface area contributed by atoms with E-state index in [1.807, 2.05) is 43.4 Å². The molecule has 0 bridgehead atoms. The molecule has 0 atom stereocenters. The molecule has 3 rings (SSSR count). The normalized spacial score (nSPS) is 20.7. The quantitative estimate of drug-likeness (QED) is 0.353. The van der Waals surface area contributed by atoms with Gasteiger partial charge >= 0.3 is 0 Å². The summed E-state index contributed by atoms with van der Waals surface area (Å²) in [6.45, 7) is 3.22. The summed E-state index contributed by atoms with van der Waals surface area (Å²) in [5.41, 5.74) is 1.62. The average molecular weight is 434 g/mol. The number of carbonyl (C=O) groups is 1. The summed E-state index contributed by atoms with van der Waals surface area (Å²) in [5, 5.41) is 18.5. The molecule has 1 fully saturated rings. The van der Waals surface area contributed by atoms with Crippen LogP contribution in [0.15, 0.2) is 59.6 Å². The van der Waals surface area contributed by atoms with Crippen LogP contribution in [0.2, 0.25) is 0 Å². The van der Waals surface area contributed by atoms with Crippen molar-refractivity contribution in [1.29, 1.82) is 5.26 Å². The molecule has 1 amide bonds. The van der Waals surface area contributed by atoms with Crippen molar-refractivity contribution in [3.63, 3.8) is 0 Å². The van der Waals surface area contributed by atoms with Crippen LogP contribution in [0.4, 0.5) is 0 Å². The number of ether oxygens (including phenoxy) is 1. The van der Waals surface area contributed by atoms with Crippen LogP contribution in [-0.2, 0) is 5.41 Å². The Morgan fingerprint density at radius 3 is 2.47 bits per heavy atom. The van der Waals surface area contributed by atoms with E-state index < -0.39 is 0 Å². The molecule has 1 aliphatic rings. The van der Waals surface area contributed by atoms with Gasteiger partial charge < -0.3 is 20.7 Å². The smallest absolute Gasteiger partial charge is 0.255 e. The van der Waals surface area contributed by atoms with Gasteiger partial charge in [-0.05, 0) is 50.3 Å². The van der Waals surface area contributed by atoms with Crippen molar-refractivity contribution in [3.05, 3.63) is 65.7 Å². The van der Waals surface area contributed by atoms with Crippen LogP contribution in [-0.4, -0.2) is 38.1 Å². The second-order valence-electron chi connectivity index (χ2n) is 8.04. The third-order valence-corrected chi connectivity index (χ3v) is 6.11. The molecule has 0 aliphatic heterocycles. The van der Waals surface area contributed by atoms with Crippen LogP contribution in [0.5, 0.6) is 5.75 Å². The molecule has 1 aliphatic carbocycles. The van der Waals surface area contributed by atoms with Crippen LogP contribution >= 0.6 is 0 Å². The Bertz CT molecular complexity index is 960. The SMILES string of the molecule is CCN/C(=N\C#N)NC1CCC(CNC(=O)c2ccccc2OC)(c2ccccc2)CC1. The number of nitrogens with zero attached hydrogens (tertiary/aromatic N) is 2. The third kappa shape index (κ3) is 5.58. The minimum absolute atomic E-state index is 0.131. The Hall–Kier alpha value is -3.53. The van der Waals surface area contributed by atoms with Gasteiger partial charge in [-0.15, -0.1) is 4.99 Å². The molecule has 168 valence electrons. The lowest BCUT2D eigenvalue weighted by Gasteiger charge is -2.41. The standard InChI is InChI=1S/C25H31N5O2/c1-3-27-24(29-18-26)30-20-13-15-25(16-14-20,19-9-5-4-6-10-19)17-28-23(31)21-11-7-8-12-22(21)32-2/h4-12,20H,3,13-17H2,1-2H3,(H,28,31)(H2,27,29,30). The molecule has 7 heteroatoms. The van der Waals surface area contributed by atoms with Crippen molar-refractivity contribution >= 4 is 11.9 Å². The average Bonchev–Trinajstić information content (AvgIpc) is 2.84. The molecule has 3 N–H and O–H groups in total. The van der Waals surface area contributed by atoms with Gasteiger partial charge in [0.2, 0.25) is 12.2 Å². The number of hydrogen-bond acceptors (Lipinski definition) is 4. The van der Waals surface area contributed by atoms with Crippen molar-refractivity contribution in [2.45, 2.75) is 44.1 Å². The number of aliphatic imine (C=N–C) groups is 1. The van der Waals surface area contributed by atoms with Crippen LogP contribution in [0, 0.1) is 11.5 Å². The molecule has 0 radical (unpaired) electrons. The molecule has 0 heterocycles. The topological polar surface area (TPSA) is 98.5 Å². The number of methoxy groups -OCH3 is 1. The summed E-state index contributed by atoms with van der Waals surface area (Å²) in [6.07, 6.45) is 5.49. The van der Waals surface area contributed by atoms with E-state index >= 15 is 0 Å². The number of nitrogens with one attached hydrogen (secondary N) is 3. The number of carbonyl (C=O) groups excluding carboxylic acids is 1. The predicted octanol–water partition coefficient (Wildman–Crippen LogP) is 3.34. The van der Waals surface area contributed by atoms with Gasteiger partial charge in [0.25, 0.3) is 5.91 Å². The molecular formula is C25H31N5O2. The van der Waals surface area contributed by atoms with E-state index in [4.69, 9.17) is 10.00 Å². The van der Waals surface area contributed by atoms with Crippen molar-refractivity contribution in [1.82, 2.24) is 16.0 Å². The maximum absolute atomic E-state index is 12.9. The van der Waals surface area contributed by atoms with E-state index in [9.17, 15) is 4.79 Å². The summed E-state index contributed by atoms with van der Waals surface area (Å²) >= 11 is 0. The fourth-order valence-corrected chi connectivity index (χ4v) is 4.38. The second-order valence-corrected chi connectivity index (χ2v) is 8.04. The monoisotopic (exact) mass is 433 g/mol. The summed E-state index contributed by atoms with van der Waals surface area (Å²) < 4.78 is 5.35. The van der Waals surface area contributed by atoms with E-state index in [2.05, 4.69) is 33.1 Å². The molecule has 1 saturated carbocycles. The van der Waals surface area contributed by atoms with Crippen molar-refractivity contribution in [2.24, 2.45) is 4.99 Å². The first-order valence-electron chi connectivity index (χ1n) is 11.1. The van der Waals surface area contributed by atoms with Crippen LogP contribution < -0.4 is 20.7 Å². The summed E-state index contributed by atoms with van der Waals surface area (Å²) in [5.74, 6) is 0.963. The molecule has 2 aromatic rings. The third-order valence-electron chi connectivity index (χ3n) is 6.11. The highest BCUT2D eigenvalue weighted by Gasteiger charge is 2.37. The van der Waals surface area contributed by atoms with E-state index in [0.29, 0.717) is 30.4 Å². The number of amides is 1. The van der Waals surface area contributed by atoms with Gasteiger partial charge in [-0.1, -0.05) is 42.5 Å². The number of para-hydroxylation sites is 1. The summed E-state index contributed by atoms with van der Waals surface area (Å²) in [4.78, 5) is 16.8. The lowest BCUT2D eigenvalue weighted by Crippen LogP contribution is -2.49. The van der Waals surface area contributed by atoms with E-state index in [1.165, 1.54) is 5.56 Å². The van der Waals surface area contributed by atoms with Gasteiger partial charge in [-0.3, -0.25) is 4.79 Å². The van der Waals surface area contributed by atoms with Gasteiger partial charge in [-0.2, -0.15) is 5.26 Å². The molecule has 0 unspecified atom stereocenters. The Balaban J connectivity index is 1.73. The zero-order chi connectivity index (χ0) is 22.8. The molecule has 32 heavy (non-hydrogen) atoms. The summed E-state index contributed by atoms with van der Waals surface area (Å²) in [6, 6.07) is 17.9. The van der Waals surface area contributed by atoms with E-state index in [-0.39, 0.29) is 17.4 Å². The Morgan fingerprint density at radius 2 is 1.81 bits per heavy atom. The number of benzene rings is 2. The van der Waals surface area contributed by atoms with Gasteiger partial charge in [0.1, 0.15) is 5.75 Å². The fraction of sp³-hybridized carbons (Fsp3) is 0.400. The second kappa shape index (κ2) is 11.2. The van der Waals surface area contributed by atoms with E-state index in [1.54, 1.807) is 19.2 Å².